The fourth-order valence-corrected chi connectivity index (χ4v) is 2.40. The Morgan fingerprint density at radius 3 is 2.83 bits per heavy atom. The molecule has 1 aromatic heterocycles. The van der Waals surface area contributed by atoms with Crippen molar-refractivity contribution < 1.29 is 13.9 Å². The van der Waals surface area contributed by atoms with E-state index in [9.17, 15) is 9.59 Å². The fourth-order valence-electron chi connectivity index (χ4n) is 2.40. The Morgan fingerprint density at radius 1 is 1.26 bits per heavy atom. The number of aromatic nitrogens is 1. The quantitative estimate of drug-likeness (QED) is 0.800. The number of hydrogen-bond acceptors (Lipinski definition) is 4. The molecule has 0 aliphatic carbocycles. The lowest BCUT2D eigenvalue weighted by Crippen LogP contribution is -2.23. The van der Waals surface area contributed by atoms with Crippen LogP contribution in [0.4, 0.5) is 0 Å². The van der Waals surface area contributed by atoms with Gasteiger partial charge in [0.2, 0.25) is 0 Å². The Balaban J connectivity index is 1.77. The second-order valence-electron chi connectivity index (χ2n) is 5.11. The molecule has 118 valence electrons. The summed E-state index contributed by atoms with van der Waals surface area (Å²) >= 11 is 0. The van der Waals surface area contributed by atoms with Gasteiger partial charge in [0, 0.05) is 13.6 Å². The monoisotopic (exact) mass is 312 g/mol. The minimum atomic E-state index is -0.407. The van der Waals surface area contributed by atoms with Crippen LogP contribution in [0.3, 0.4) is 0 Å². The third-order valence-electron chi connectivity index (χ3n) is 3.66. The normalized spacial score (nSPS) is 10.7. The molecule has 0 unspecified atom stereocenters. The average Bonchev–Trinajstić information content (AvgIpc) is 2.86. The first kappa shape index (κ1) is 14.9. The Kier molecular flexibility index (Phi) is 3.89. The maximum Gasteiger partial charge on any atom is 0.419 e. The highest BCUT2D eigenvalue weighted by molar-refractivity contribution is 5.96. The Labute approximate surface area is 132 Å². The van der Waals surface area contributed by atoms with Crippen LogP contribution in [0.2, 0.25) is 0 Å². The summed E-state index contributed by atoms with van der Waals surface area (Å²) in [6.45, 7) is 0.325. The molecule has 2 aromatic carbocycles. The van der Waals surface area contributed by atoms with Gasteiger partial charge in [-0.05, 0) is 29.8 Å². The number of nitrogens with zero attached hydrogens (tertiary/aromatic N) is 1. The summed E-state index contributed by atoms with van der Waals surface area (Å²) in [5.74, 6) is -0.109. The number of nitrogens with one attached hydrogen (secondary N) is 1. The number of fused-ring (bicyclic) bond motifs is 1. The van der Waals surface area contributed by atoms with E-state index in [1.54, 1.807) is 43.4 Å². The van der Waals surface area contributed by atoms with Crippen molar-refractivity contribution in [1.82, 2.24) is 9.88 Å². The molecular formula is C17H16N2O4. The number of para-hydroxylation sites is 1. The van der Waals surface area contributed by atoms with Crippen LogP contribution in [0.15, 0.2) is 51.7 Å². The number of oxazole rings is 1. The van der Waals surface area contributed by atoms with E-state index in [4.69, 9.17) is 9.15 Å². The summed E-state index contributed by atoms with van der Waals surface area (Å²) in [7, 11) is 3.18. The third-order valence-corrected chi connectivity index (χ3v) is 3.66. The second kappa shape index (κ2) is 6.00. The Morgan fingerprint density at radius 2 is 2.04 bits per heavy atom. The maximum absolute atomic E-state index is 12.3. The zero-order chi connectivity index (χ0) is 16.4. The predicted octanol–water partition coefficient (Wildman–Crippen LogP) is 2.07. The van der Waals surface area contributed by atoms with Crippen molar-refractivity contribution >= 4 is 17.0 Å². The highest BCUT2D eigenvalue weighted by atomic mass is 16.5. The molecule has 0 aliphatic rings. The van der Waals surface area contributed by atoms with Gasteiger partial charge in [0.25, 0.3) is 5.91 Å². The number of carbonyl (C=O) groups excluding carboxylic acids is 1. The van der Waals surface area contributed by atoms with Gasteiger partial charge in [-0.3, -0.25) is 9.36 Å². The third kappa shape index (κ3) is 2.83. The zero-order valence-corrected chi connectivity index (χ0v) is 12.8. The van der Waals surface area contributed by atoms with E-state index >= 15 is 0 Å². The maximum atomic E-state index is 12.3. The fraction of sp³-hybridized carbons (Fsp3) is 0.176. The minimum absolute atomic E-state index is 0.225. The van der Waals surface area contributed by atoms with Gasteiger partial charge in [0.15, 0.2) is 5.58 Å². The van der Waals surface area contributed by atoms with Crippen molar-refractivity contribution in [2.75, 3.05) is 7.11 Å². The molecular weight excluding hydrogens is 296 g/mol. The highest BCUT2D eigenvalue weighted by Gasteiger charge is 2.12. The number of ether oxygens (including phenoxy) is 1. The lowest BCUT2D eigenvalue weighted by molar-refractivity contribution is 0.0948. The molecule has 0 saturated carbocycles. The SMILES string of the molecule is COc1ccccc1C(=O)NCc1ccc2c(c1)oc(=O)n2C. The molecule has 1 N–H and O–H groups in total. The molecule has 0 radical (unpaired) electrons. The first-order chi connectivity index (χ1) is 11.1. The molecule has 0 atom stereocenters. The van der Waals surface area contributed by atoms with Gasteiger partial charge in [-0.15, -0.1) is 0 Å². The van der Waals surface area contributed by atoms with E-state index in [2.05, 4.69) is 5.32 Å². The van der Waals surface area contributed by atoms with Gasteiger partial charge in [0.1, 0.15) is 5.75 Å². The van der Waals surface area contributed by atoms with Gasteiger partial charge in [-0.25, -0.2) is 4.79 Å². The number of amides is 1. The van der Waals surface area contributed by atoms with E-state index in [1.165, 1.54) is 11.7 Å². The van der Waals surface area contributed by atoms with E-state index in [0.717, 1.165) is 11.1 Å². The second-order valence-corrected chi connectivity index (χ2v) is 5.11. The van der Waals surface area contributed by atoms with Crippen LogP contribution in [0.1, 0.15) is 15.9 Å². The van der Waals surface area contributed by atoms with Crippen LogP contribution < -0.4 is 15.8 Å². The van der Waals surface area contributed by atoms with Crippen molar-refractivity contribution in [3.63, 3.8) is 0 Å². The van der Waals surface area contributed by atoms with Crippen molar-refractivity contribution in [1.29, 1.82) is 0 Å². The molecule has 0 aliphatic heterocycles. The average molecular weight is 312 g/mol. The molecule has 6 heteroatoms. The van der Waals surface area contributed by atoms with Crippen LogP contribution in [-0.2, 0) is 13.6 Å². The van der Waals surface area contributed by atoms with Crippen LogP contribution in [0, 0.1) is 0 Å². The van der Waals surface area contributed by atoms with E-state index < -0.39 is 5.76 Å². The molecule has 0 saturated heterocycles. The van der Waals surface area contributed by atoms with Crippen molar-refractivity contribution in [2.45, 2.75) is 6.54 Å². The topological polar surface area (TPSA) is 73.5 Å². The predicted molar refractivity (Wildman–Crippen MR) is 85.6 cm³/mol. The molecule has 3 aromatic rings. The standard InChI is InChI=1S/C17H16N2O4/c1-19-13-8-7-11(9-15(13)23-17(19)21)10-18-16(20)12-5-3-4-6-14(12)22-2/h3-9H,10H2,1-2H3,(H,18,20). The lowest BCUT2D eigenvalue weighted by atomic mass is 10.1. The number of methoxy groups -OCH3 is 1. The number of aryl methyl sites for hydroxylation is 1. The first-order valence-electron chi connectivity index (χ1n) is 7.10. The Hall–Kier alpha value is -3.02. The van der Waals surface area contributed by atoms with Gasteiger partial charge < -0.3 is 14.5 Å². The smallest absolute Gasteiger partial charge is 0.419 e. The van der Waals surface area contributed by atoms with Gasteiger partial charge >= 0.3 is 5.76 Å². The largest absolute Gasteiger partial charge is 0.496 e. The molecule has 0 spiro atoms. The van der Waals surface area contributed by atoms with Crippen molar-refractivity contribution in [2.24, 2.45) is 7.05 Å². The van der Waals surface area contributed by atoms with E-state index in [-0.39, 0.29) is 5.91 Å². The summed E-state index contributed by atoms with van der Waals surface area (Å²) in [6, 6.07) is 12.4. The van der Waals surface area contributed by atoms with E-state index in [0.29, 0.717) is 23.4 Å². The first-order valence-corrected chi connectivity index (χ1v) is 7.10. The van der Waals surface area contributed by atoms with Gasteiger partial charge in [-0.1, -0.05) is 18.2 Å². The molecule has 0 bridgehead atoms. The summed E-state index contributed by atoms with van der Waals surface area (Å²) < 4.78 is 11.8. The summed E-state index contributed by atoms with van der Waals surface area (Å²) in [4.78, 5) is 23.7. The van der Waals surface area contributed by atoms with Crippen molar-refractivity contribution in [3.8, 4) is 5.75 Å². The van der Waals surface area contributed by atoms with Crippen LogP contribution in [-0.4, -0.2) is 17.6 Å². The Bertz CT molecular complexity index is 924. The summed E-state index contributed by atoms with van der Waals surface area (Å²) in [5.41, 5.74) is 2.54. The molecule has 1 heterocycles. The molecule has 3 rings (SSSR count). The number of rotatable bonds is 4. The number of hydrogen-bond donors (Lipinski definition) is 1. The molecule has 0 fully saturated rings. The van der Waals surface area contributed by atoms with Crippen LogP contribution in [0.25, 0.3) is 11.1 Å². The van der Waals surface area contributed by atoms with Gasteiger partial charge in [-0.2, -0.15) is 0 Å². The highest BCUT2D eigenvalue weighted by Crippen LogP contribution is 2.18. The van der Waals surface area contributed by atoms with Crippen molar-refractivity contribution in [3.05, 3.63) is 64.1 Å². The zero-order valence-electron chi connectivity index (χ0n) is 12.8. The summed E-state index contributed by atoms with van der Waals surface area (Å²) in [6.07, 6.45) is 0. The number of benzene rings is 2. The molecule has 1 amide bonds. The summed E-state index contributed by atoms with van der Waals surface area (Å²) in [5, 5.41) is 2.83. The van der Waals surface area contributed by atoms with Gasteiger partial charge in [0.05, 0.1) is 18.2 Å². The molecule has 23 heavy (non-hydrogen) atoms. The van der Waals surface area contributed by atoms with Crippen LogP contribution >= 0.6 is 0 Å². The van der Waals surface area contributed by atoms with Crippen LogP contribution in [0.5, 0.6) is 5.75 Å². The number of carbonyl (C=O) groups is 1. The lowest BCUT2D eigenvalue weighted by Gasteiger charge is -2.09. The molecule has 6 nitrogen and oxygen atoms in total. The van der Waals surface area contributed by atoms with E-state index in [1.807, 2.05) is 6.07 Å². The minimum Gasteiger partial charge on any atom is -0.496 e.